The fraction of sp³-hybridized carbons (Fsp3) is 0.375. The third-order valence-corrected chi connectivity index (χ3v) is 4.55. The van der Waals surface area contributed by atoms with E-state index in [1.807, 2.05) is 42.0 Å². The highest BCUT2D eigenvalue weighted by molar-refractivity contribution is 6.31. The average molecular weight is 319 g/mol. The van der Waals surface area contributed by atoms with Gasteiger partial charge < -0.3 is 9.88 Å². The first kappa shape index (κ1) is 15.1. The van der Waals surface area contributed by atoms with Crippen molar-refractivity contribution < 1.29 is 4.79 Å². The topological polar surface area (TPSA) is 59.0 Å². The SMILES string of the molecule is CC(C(=O)Nc1nccn1Cc1ccccc1Cl)C1CNC1. The minimum Gasteiger partial charge on any atom is -0.316 e. The second-order valence-electron chi connectivity index (χ2n) is 5.67. The minimum absolute atomic E-state index is 0.0121. The number of halogens is 1. The quantitative estimate of drug-likeness (QED) is 0.890. The summed E-state index contributed by atoms with van der Waals surface area (Å²) >= 11 is 6.19. The smallest absolute Gasteiger partial charge is 0.229 e. The first-order valence-electron chi connectivity index (χ1n) is 7.41. The van der Waals surface area contributed by atoms with Crippen molar-refractivity contribution in [2.45, 2.75) is 13.5 Å². The van der Waals surface area contributed by atoms with Crippen LogP contribution in [0.5, 0.6) is 0 Å². The summed E-state index contributed by atoms with van der Waals surface area (Å²) in [5.74, 6) is 0.959. The Morgan fingerprint density at radius 1 is 1.50 bits per heavy atom. The maximum Gasteiger partial charge on any atom is 0.229 e. The normalized spacial score (nSPS) is 16.1. The number of amides is 1. The van der Waals surface area contributed by atoms with Crippen LogP contribution in [0.4, 0.5) is 5.95 Å². The fourth-order valence-electron chi connectivity index (χ4n) is 2.47. The standard InChI is InChI=1S/C16H19ClN4O/c1-11(13-8-18-9-13)15(22)20-16-19-6-7-21(16)10-12-4-2-3-5-14(12)17/h2-7,11,13,18H,8-10H2,1H3,(H,19,20,22). The third kappa shape index (κ3) is 3.15. The molecule has 2 aromatic rings. The Kier molecular flexibility index (Phi) is 4.45. The van der Waals surface area contributed by atoms with E-state index in [0.29, 0.717) is 23.4 Å². The average Bonchev–Trinajstić information content (AvgIpc) is 2.86. The van der Waals surface area contributed by atoms with Gasteiger partial charge in [-0.05, 0) is 30.6 Å². The van der Waals surface area contributed by atoms with E-state index in [0.717, 1.165) is 18.7 Å². The van der Waals surface area contributed by atoms with E-state index in [2.05, 4.69) is 15.6 Å². The van der Waals surface area contributed by atoms with E-state index in [4.69, 9.17) is 11.6 Å². The maximum atomic E-state index is 12.3. The number of benzene rings is 1. The summed E-state index contributed by atoms with van der Waals surface area (Å²) in [5, 5.41) is 6.82. The Hall–Kier alpha value is -1.85. The lowest BCUT2D eigenvalue weighted by Gasteiger charge is -2.31. The van der Waals surface area contributed by atoms with Crippen molar-refractivity contribution >= 4 is 23.5 Å². The lowest BCUT2D eigenvalue weighted by Crippen LogP contribution is -2.48. The van der Waals surface area contributed by atoms with Crippen LogP contribution in [-0.4, -0.2) is 28.5 Å². The molecule has 1 saturated heterocycles. The van der Waals surface area contributed by atoms with Crippen molar-refractivity contribution in [2.24, 2.45) is 11.8 Å². The summed E-state index contributed by atoms with van der Waals surface area (Å²) < 4.78 is 1.89. The van der Waals surface area contributed by atoms with Gasteiger partial charge in [-0.1, -0.05) is 36.7 Å². The number of carbonyl (C=O) groups is 1. The molecule has 0 aliphatic carbocycles. The van der Waals surface area contributed by atoms with Gasteiger partial charge in [0, 0.05) is 23.3 Å². The van der Waals surface area contributed by atoms with Gasteiger partial charge in [0.15, 0.2) is 0 Å². The van der Waals surface area contributed by atoms with Crippen LogP contribution in [0.2, 0.25) is 5.02 Å². The van der Waals surface area contributed by atoms with Crippen molar-refractivity contribution in [3.63, 3.8) is 0 Å². The van der Waals surface area contributed by atoms with Crippen molar-refractivity contribution in [2.75, 3.05) is 18.4 Å². The van der Waals surface area contributed by atoms with Crippen LogP contribution >= 0.6 is 11.6 Å². The van der Waals surface area contributed by atoms with E-state index >= 15 is 0 Å². The molecule has 1 aliphatic heterocycles. The Morgan fingerprint density at radius 3 is 2.95 bits per heavy atom. The number of rotatable bonds is 5. The van der Waals surface area contributed by atoms with Crippen LogP contribution in [-0.2, 0) is 11.3 Å². The summed E-state index contributed by atoms with van der Waals surface area (Å²) in [7, 11) is 0. The second-order valence-corrected chi connectivity index (χ2v) is 6.07. The van der Waals surface area contributed by atoms with E-state index in [-0.39, 0.29) is 11.8 Å². The number of nitrogens with one attached hydrogen (secondary N) is 2. The van der Waals surface area contributed by atoms with Gasteiger partial charge in [-0.25, -0.2) is 4.98 Å². The van der Waals surface area contributed by atoms with Gasteiger partial charge in [0.1, 0.15) is 0 Å². The molecule has 1 aromatic carbocycles. The van der Waals surface area contributed by atoms with Crippen LogP contribution in [0, 0.1) is 11.8 Å². The Balaban J connectivity index is 1.69. The predicted molar refractivity (Wildman–Crippen MR) is 86.9 cm³/mol. The minimum atomic E-state index is -0.0216. The lowest BCUT2D eigenvalue weighted by atomic mass is 9.88. The van der Waals surface area contributed by atoms with Crippen molar-refractivity contribution in [3.05, 3.63) is 47.2 Å². The zero-order valence-corrected chi connectivity index (χ0v) is 13.2. The first-order chi connectivity index (χ1) is 10.6. The highest BCUT2D eigenvalue weighted by atomic mass is 35.5. The van der Waals surface area contributed by atoms with Crippen LogP contribution in [0.25, 0.3) is 0 Å². The van der Waals surface area contributed by atoms with Gasteiger partial charge in [-0.3, -0.25) is 10.1 Å². The molecular formula is C16H19ClN4O. The molecular weight excluding hydrogens is 300 g/mol. The molecule has 2 heterocycles. The third-order valence-electron chi connectivity index (χ3n) is 4.18. The summed E-state index contributed by atoms with van der Waals surface area (Å²) in [5.41, 5.74) is 0.994. The van der Waals surface area contributed by atoms with Crippen LogP contribution < -0.4 is 10.6 Å². The molecule has 0 saturated carbocycles. The summed E-state index contributed by atoms with van der Waals surface area (Å²) in [6.45, 7) is 4.35. The molecule has 1 aliphatic rings. The van der Waals surface area contributed by atoms with Crippen LogP contribution in [0.3, 0.4) is 0 Å². The van der Waals surface area contributed by atoms with E-state index in [1.54, 1.807) is 6.20 Å². The molecule has 116 valence electrons. The largest absolute Gasteiger partial charge is 0.316 e. The zero-order chi connectivity index (χ0) is 15.5. The Bertz CT molecular complexity index is 666. The number of anilines is 1. The molecule has 2 N–H and O–H groups in total. The van der Waals surface area contributed by atoms with Gasteiger partial charge in [-0.15, -0.1) is 0 Å². The fourth-order valence-corrected chi connectivity index (χ4v) is 2.67. The maximum absolute atomic E-state index is 12.3. The van der Waals surface area contributed by atoms with Gasteiger partial charge in [0.25, 0.3) is 0 Å². The van der Waals surface area contributed by atoms with Gasteiger partial charge in [-0.2, -0.15) is 0 Å². The number of imidazole rings is 1. The monoisotopic (exact) mass is 318 g/mol. The highest BCUT2D eigenvalue weighted by Crippen LogP contribution is 2.20. The predicted octanol–water partition coefficient (Wildman–Crippen LogP) is 2.38. The number of hydrogen-bond acceptors (Lipinski definition) is 3. The molecule has 1 aromatic heterocycles. The number of carbonyl (C=O) groups excluding carboxylic acids is 1. The first-order valence-corrected chi connectivity index (χ1v) is 7.79. The van der Waals surface area contributed by atoms with Crippen molar-refractivity contribution in [3.8, 4) is 0 Å². The summed E-state index contributed by atoms with van der Waals surface area (Å²) in [4.78, 5) is 16.5. The summed E-state index contributed by atoms with van der Waals surface area (Å²) in [6.07, 6.45) is 3.52. The van der Waals surface area contributed by atoms with E-state index in [1.165, 1.54) is 0 Å². The van der Waals surface area contributed by atoms with Crippen LogP contribution in [0.15, 0.2) is 36.7 Å². The number of nitrogens with zero attached hydrogens (tertiary/aromatic N) is 2. The van der Waals surface area contributed by atoms with Crippen LogP contribution in [0.1, 0.15) is 12.5 Å². The molecule has 1 fully saturated rings. The molecule has 1 amide bonds. The molecule has 6 heteroatoms. The van der Waals surface area contributed by atoms with Crippen molar-refractivity contribution in [1.29, 1.82) is 0 Å². The van der Waals surface area contributed by atoms with Gasteiger partial charge >= 0.3 is 0 Å². The molecule has 0 radical (unpaired) electrons. The summed E-state index contributed by atoms with van der Waals surface area (Å²) in [6, 6.07) is 7.67. The lowest BCUT2D eigenvalue weighted by molar-refractivity contribution is -0.121. The molecule has 1 atom stereocenters. The zero-order valence-electron chi connectivity index (χ0n) is 12.4. The van der Waals surface area contributed by atoms with Crippen molar-refractivity contribution in [1.82, 2.24) is 14.9 Å². The van der Waals surface area contributed by atoms with Gasteiger partial charge in [0.05, 0.1) is 6.54 Å². The molecule has 5 nitrogen and oxygen atoms in total. The molecule has 1 unspecified atom stereocenters. The number of aromatic nitrogens is 2. The molecule has 3 rings (SSSR count). The Labute approximate surface area is 134 Å². The number of hydrogen-bond donors (Lipinski definition) is 2. The van der Waals surface area contributed by atoms with Gasteiger partial charge in [0.2, 0.25) is 11.9 Å². The molecule has 22 heavy (non-hydrogen) atoms. The molecule has 0 spiro atoms. The van der Waals surface area contributed by atoms with E-state index in [9.17, 15) is 4.79 Å². The Morgan fingerprint density at radius 2 is 2.27 bits per heavy atom. The second kappa shape index (κ2) is 6.50. The molecule has 0 bridgehead atoms. The van der Waals surface area contributed by atoms with E-state index < -0.39 is 0 Å². The highest BCUT2D eigenvalue weighted by Gasteiger charge is 2.29.